The van der Waals surface area contributed by atoms with E-state index in [0.717, 1.165) is 5.71 Å². The van der Waals surface area contributed by atoms with E-state index < -0.39 is 0 Å². The first-order valence-corrected chi connectivity index (χ1v) is 10.3. The minimum Gasteiger partial charge on any atom is -0.496 e. The topological polar surface area (TPSA) is 51.5 Å². The van der Waals surface area contributed by atoms with Gasteiger partial charge in [0.1, 0.15) is 11.6 Å². The Bertz CT molecular complexity index is 782. The highest BCUT2D eigenvalue weighted by molar-refractivity contribution is 6.00. The normalized spacial score (nSPS) is 9.77. The quantitative estimate of drug-likeness (QED) is 0.381. The van der Waals surface area contributed by atoms with Crippen molar-refractivity contribution in [2.45, 2.75) is 61.3 Å². The van der Waals surface area contributed by atoms with Gasteiger partial charge in [-0.2, -0.15) is 0 Å². The van der Waals surface area contributed by atoms with Crippen molar-refractivity contribution in [2.75, 3.05) is 7.11 Å². The lowest BCUT2D eigenvalue weighted by molar-refractivity contribution is 0.101. The summed E-state index contributed by atoms with van der Waals surface area (Å²) in [6.07, 6.45) is 2.95. The Kier molecular flexibility index (Phi) is 16.7. The van der Waals surface area contributed by atoms with Crippen molar-refractivity contribution in [3.05, 3.63) is 71.9 Å². The molecule has 0 unspecified atom stereocenters. The monoisotopic (exact) mass is 416 g/mol. The van der Waals surface area contributed by atoms with Crippen LogP contribution in [0.2, 0.25) is 0 Å². The highest BCUT2D eigenvalue weighted by Crippen LogP contribution is 2.19. The van der Waals surface area contributed by atoms with E-state index in [9.17, 15) is 9.18 Å². The van der Waals surface area contributed by atoms with E-state index in [2.05, 4.69) is 30.4 Å². The van der Waals surface area contributed by atoms with Crippen LogP contribution in [0.25, 0.3) is 0 Å². The Morgan fingerprint density at radius 2 is 1.67 bits per heavy atom. The molecular weight excluding hydrogens is 379 g/mol. The molecule has 0 aliphatic carbocycles. The number of ketones is 1. The van der Waals surface area contributed by atoms with Crippen LogP contribution in [-0.2, 0) is 0 Å². The lowest BCUT2D eigenvalue weighted by atomic mass is 10.0. The summed E-state index contributed by atoms with van der Waals surface area (Å²) in [6.45, 7) is 19.0. The second kappa shape index (κ2) is 17.1. The number of nitrogens with zero attached hydrogens (tertiary/aromatic N) is 2. The number of hydrogen-bond acceptors (Lipinski definition) is 4. The lowest BCUT2D eigenvalue weighted by Gasteiger charge is -2.07. The molecule has 0 N–H and O–H groups in total. The van der Waals surface area contributed by atoms with Crippen molar-refractivity contribution >= 4 is 11.5 Å². The molecule has 0 aliphatic rings. The Labute approximate surface area is 181 Å². The number of halogens is 1. The van der Waals surface area contributed by atoms with E-state index in [1.165, 1.54) is 44.1 Å². The smallest absolute Gasteiger partial charge is 0.165 e. The number of carbonyl (C=O) groups is 1. The minimum atomic E-state index is -0.163. The Hall–Kier alpha value is -2.82. The number of hydrogen-bond donors (Lipinski definition) is 0. The molecule has 0 atom stereocenters. The van der Waals surface area contributed by atoms with Gasteiger partial charge in [0.15, 0.2) is 5.78 Å². The van der Waals surface area contributed by atoms with Crippen molar-refractivity contribution in [3.63, 3.8) is 0 Å². The number of Topliss-reactive ketones (excluding diaryl/α,β-unsaturated/α-hetero) is 1. The van der Waals surface area contributed by atoms with Crippen molar-refractivity contribution < 1.29 is 13.9 Å². The number of pyridine rings is 1. The Morgan fingerprint density at radius 1 is 1.13 bits per heavy atom. The second-order valence-electron chi connectivity index (χ2n) is 5.93. The molecule has 2 aromatic rings. The zero-order valence-corrected chi connectivity index (χ0v) is 19.9. The molecule has 0 bridgehead atoms. The molecular formula is C25H37FN2O2. The highest BCUT2D eigenvalue weighted by atomic mass is 19.1. The van der Waals surface area contributed by atoms with Crippen LogP contribution in [0.15, 0.2) is 54.3 Å². The molecule has 30 heavy (non-hydrogen) atoms. The van der Waals surface area contributed by atoms with Gasteiger partial charge in [-0.25, -0.2) is 4.39 Å². The fourth-order valence-electron chi connectivity index (χ4n) is 2.12. The zero-order valence-electron chi connectivity index (χ0n) is 19.9. The average Bonchev–Trinajstić information content (AvgIpc) is 2.77. The summed E-state index contributed by atoms with van der Waals surface area (Å²) in [5, 5.41) is 0. The van der Waals surface area contributed by atoms with Gasteiger partial charge in [-0.15, -0.1) is 0 Å². The standard InChI is InChI=1S/C12H14N2O2.C9H11F.2C2H6/c1-5-13-8(2)11-6-12(16-4)10(7-14-11)9(3)15;1-7(2)8-3-5-9(10)6-4-8;2*1-2/h5-7H,1H2,2-4H3;3-7H,1-2H3;2*1-2H3. The molecule has 0 radical (unpaired) electrons. The summed E-state index contributed by atoms with van der Waals surface area (Å²) in [4.78, 5) is 19.4. The maximum absolute atomic E-state index is 12.4. The summed E-state index contributed by atoms with van der Waals surface area (Å²) < 4.78 is 17.5. The predicted molar refractivity (Wildman–Crippen MR) is 126 cm³/mol. The van der Waals surface area contributed by atoms with Gasteiger partial charge in [0.05, 0.1) is 24.1 Å². The van der Waals surface area contributed by atoms with Crippen LogP contribution in [0.1, 0.15) is 82.9 Å². The largest absolute Gasteiger partial charge is 0.496 e. The fourth-order valence-corrected chi connectivity index (χ4v) is 2.12. The number of carbonyl (C=O) groups excluding carboxylic acids is 1. The van der Waals surface area contributed by atoms with Gasteiger partial charge in [0.25, 0.3) is 0 Å². The maximum Gasteiger partial charge on any atom is 0.165 e. The Balaban J connectivity index is 0. The van der Waals surface area contributed by atoms with Gasteiger partial charge in [-0.3, -0.25) is 14.8 Å². The van der Waals surface area contributed by atoms with Gasteiger partial charge in [-0.05, 0) is 37.5 Å². The van der Waals surface area contributed by atoms with Gasteiger partial charge in [0.2, 0.25) is 0 Å². The maximum atomic E-state index is 12.4. The zero-order chi connectivity index (χ0) is 23.7. The molecule has 0 spiro atoms. The molecule has 2 rings (SSSR count). The number of aliphatic imine (C=N–C) groups is 1. The first kappa shape index (κ1) is 29.4. The summed E-state index contributed by atoms with van der Waals surface area (Å²) in [7, 11) is 1.52. The molecule has 0 saturated heterocycles. The number of ether oxygens (including phenoxy) is 1. The van der Waals surface area contributed by atoms with Crippen molar-refractivity contribution in [1.29, 1.82) is 0 Å². The van der Waals surface area contributed by atoms with Gasteiger partial charge >= 0.3 is 0 Å². The second-order valence-corrected chi connectivity index (χ2v) is 5.93. The van der Waals surface area contributed by atoms with Gasteiger partial charge < -0.3 is 4.74 Å². The number of aromatic nitrogens is 1. The van der Waals surface area contributed by atoms with Gasteiger partial charge in [-0.1, -0.05) is 60.3 Å². The third kappa shape index (κ3) is 10.6. The van der Waals surface area contributed by atoms with Crippen LogP contribution in [0, 0.1) is 5.82 Å². The van der Waals surface area contributed by atoms with Crippen molar-refractivity contribution in [1.82, 2.24) is 4.98 Å². The molecule has 1 heterocycles. The van der Waals surface area contributed by atoms with Crippen LogP contribution in [0.4, 0.5) is 4.39 Å². The van der Waals surface area contributed by atoms with E-state index in [0.29, 0.717) is 22.9 Å². The lowest BCUT2D eigenvalue weighted by Crippen LogP contribution is -2.04. The summed E-state index contributed by atoms with van der Waals surface area (Å²) >= 11 is 0. The molecule has 1 aromatic heterocycles. The van der Waals surface area contributed by atoms with Crippen LogP contribution in [-0.4, -0.2) is 23.6 Å². The predicted octanol–water partition coefficient (Wildman–Crippen LogP) is 7.25. The molecule has 4 nitrogen and oxygen atoms in total. The molecule has 0 fully saturated rings. The first-order valence-electron chi connectivity index (χ1n) is 10.3. The molecule has 166 valence electrons. The van der Waals surface area contributed by atoms with Crippen LogP contribution >= 0.6 is 0 Å². The SMILES string of the molecule is C=CN=C(C)c1cc(OC)c(C(C)=O)cn1.CC.CC.CC(C)c1ccc(F)cc1. The average molecular weight is 417 g/mol. The van der Waals surface area contributed by atoms with E-state index >= 15 is 0 Å². The number of methoxy groups -OCH3 is 1. The van der Waals surface area contributed by atoms with Gasteiger partial charge in [0, 0.05) is 18.5 Å². The van der Waals surface area contributed by atoms with Crippen molar-refractivity contribution in [2.24, 2.45) is 4.99 Å². The Morgan fingerprint density at radius 3 is 2.07 bits per heavy atom. The molecule has 0 amide bonds. The molecule has 0 aliphatic heterocycles. The van der Waals surface area contributed by atoms with Crippen LogP contribution in [0.3, 0.4) is 0 Å². The third-order valence-electron chi connectivity index (χ3n) is 3.66. The number of rotatable bonds is 5. The summed E-state index contributed by atoms with van der Waals surface area (Å²) in [6, 6.07) is 8.32. The fraction of sp³-hybridized carbons (Fsp3) is 0.400. The van der Waals surface area contributed by atoms with Crippen molar-refractivity contribution in [3.8, 4) is 5.75 Å². The summed E-state index contributed by atoms with van der Waals surface area (Å²) in [5.74, 6) is 0.760. The van der Waals surface area contributed by atoms with Crippen LogP contribution < -0.4 is 4.74 Å². The van der Waals surface area contributed by atoms with E-state index in [-0.39, 0.29) is 11.6 Å². The molecule has 0 saturated carbocycles. The van der Waals surface area contributed by atoms with E-state index in [4.69, 9.17) is 4.74 Å². The van der Waals surface area contributed by atoms with E-state index in [1.807, 2.05) is 46.8 Å². The summed E-state index contributed by atoms with van der Waals surface area (Å²) in [5.41, 5.74) is 3.05. The third-order valence-corrected chi connectivity index (χ3v) is 3.66. The van der Waals surface area contributed by atoms with E-state index in [1.54, 1.807) is 6.07 Å². The minimum absolute atomic E-state index is 0.0748. The van der Waals surface area contributed by atoms with Crippen LogP contribution in [0.5, 0.6) is 5.75 Å². The highest BCUT2D eigenvalue weighted by Gasteiger charge is 2.10. The first-order chi connectivity index (χ1) is 14.3. The number of benzene rings is 1. The molecule has 1 aromatic carbocycles. The molecule has 5 heteroatoms.